The van der Waals surface area contributed by atoms with Crippen LogP contribution >= 0.6 is 0 Å². The van der Waals surface area contributed by atoms with E-state index in [2.05, 4.69) is 0 Å². The van der Waals surface area contributed by atoms with Crippen molar-refractivity contribution in [1.82, 2.24) is 9.80 Å². The number of carbonyl (C=O) groups is 2. The van der Waals surface area contributed by atoms with Crippen LogP contribution in [0.2, 0.25) is 0 Å². The first-order chi connectivity index (χ1) is 10.6. The van der Waals surface area contributed by atoms with Crippen LogP contribution in [0, 0.1) is 0 Å². The largest absolute Gasteiger partial charge is 0.377 e. The number of nitrogens with zero attached hydrogens (tertiary/aromatic N) is 2. The first kappa shape index (κ1) is 16.5. The minimum Gasteiger partial charge on any atom is -0.377 e. The van der Waals surface area contributed by atoms with Gasteiger partial charge in [-0.2, -0.15) is 0 Å². The number of rotatable bonds is 5. The van der Waals surface area contributed by atoms with Crippen LogP contribution in [0.15, 0.2) is 30.3 Å². The van der Waals surface area contributed by atoms with E-state index < -0.39 is 0 Å². The molecule has 1 atom stereocenters. The lowest BCUT2D eigenvalue weighted by Crippen LogP contribution is -2.48. The Kier molecular flexibility index (Phi) is 5.95. The summed E-state index contributed by atoms with van der Waals surface area (Å²) in [5.41, 5.74) is 1.07. The minimum atomic E-state index is -0.00770. The monoisotopic (exact) mass is 304 g/mol. The van der Waals surface area contributed by atoms with Crippen LogP contribution in [-0.4, -0.2) is 54.0 Å². The van der Waals surface area contributed by atoms with Gasteiger partial charge in [-0.3, -0.25) is 9.59 Å². The molecule has 1 heterocycles. The molecule has 0 unspecified atom stereocenters. The van der Waals surface area contributed by atoms with Gasteiger partial charge in [0, 0.05) is 33.0 Å². The van der Waals surface area contributed by atoms with Crippen molar-refractivity contribution >= 4 is 11.8 Å². The summed E-state index contributed by atoms with van der Waals surface area (Å²) in [6, 6.07) is 9.94. The molecule has 1 aliphatic heterocycles. The number of morpholine rings is 1. The van der Waals surface area contributed by atoms with E-state index in [4.69, 9.17) is 4.74 Å². The number of amides is 2. The van der Waals surface area contributed by atoms with Crippen LogP contribution in [0.3, 0.4) is 0 Å². The van der Waals surface area contributed by atoms with Crippen molar-refractivity contribution < 1.29 is 14.3 Å². The molecule has 2 rings (SSSR count). The van der Waals surface area contributed by atoms with E-state index in [1.807, 2.05) is 42.2 Å². The predicted molar refractivity (Wildman–Crippen MR) is 84.1 cm³/mol. The van der Waals surface area contributed by atoms with Crippen LogP contribution in [0.1, 0.15) is 25.8 Å². The van der Waals surface area contributed by atoms with E-state index in [-0.39, 0.29) is 17.9 Å². The summed E-state index contributed by atoms with van der Waals surface area (Å²) in [5.74, 6) is 0.0850. The first-order valence-electron chi connectivity index (χ1n) is 7.74. The molecule has 0 radical (unpaired) electrons. The molecule has 1 fully saturated rings. The lowest BCUT2D eigenvalue weighted by atomic mass is 10.2. The number of hydrogen-bond acceptors (Lipinski definition) is 3. The summed E-state index contributed by atoms with van der Waals surface area (Å²) in [7, 11) is 0. The lowest BCUT2D eigenvalue weighted by Gasteiger charge is -2.34. The third-order valence-electron chi connectivity index (χ3n) is 3.95. The highest BCUT2D eigenvalue weighted by Gasteiger charge is 2.24. The van der Waals surface area contributed by atoms with E-state index in [0.717, 1.165) is 5.56 Å². The molecule has 2 amide bonds. The van der Waals surface area contributed by atoms with Gasteiger partial charge < -0.3 is 14.5 Å². The zero-order valence-corrected chi connectivity index (χ0v) is 13.3. The molecule has 1 aromatic rings. The third-order valence-corrected chi connectivity index (χ3v) is 3.95. The molecule has 120 valence electrons. The van der Waals surface area contributed by atoms with E-state index >= 15 is 0 Å². The molecular weight excluding hydrogens is 280 g/mol. The maximum absolute atomic E-state index is 12.3. The Hall–Kier alpha value is -1.88. The maximum Gasteiger partial charge on any atom is 0.224 e. The van der Waals surface area contributed by atoms with E-state index in [1.54, 1.807) is 11.8 Å². The highest BCUT2D eigenvalue weighted by Crippen LogP contribution is 2.10. The fourth-order valence-corrected chi connectivity index (χ4v) is 2.62. The number of benzene rings is 1. The molecule has 1 saturated heterocycles. The van der Waals surface area contributed by atoms with Crippen molar-refractivity contribution in [2.75, 3.05) is 26.3 Å². The van der Waals surface area contributed by atoms with Gasteiger partial charge in [-0.1, -0.05) is 30.3 Å². The Labute approximate surface area is 131 Å². The number of carbonyl (C=O) groups excluding carboxylic acids is 2. The highest BCUT2D eigenvalue weighted by molar-refractivity contribution is 5.78. The van der Waals surface area contributed by atoms with Gasteiger partial charge in [0.15, 0.2) is 0 Å². The van der Waals surface area contributed by atoms with Crippen molar-refractivity contribution in [3.05, 3.63) is 35.9 Å². The van der Waals surface area contributed by atoms with Crippen molar-refractivity contribution in [2.45, 2.75) is 32.9 Å². The van der Waals surface area contributed by atoms with Crippen LogP contribution in [-0.2, 0) is 20.9 Å². The second kappa shape index (κ2) is 7.94. The quantitative estimate of drug-likeness (QED) is 0.831. The highest BCUT2D eigenvalue weighted by atomic mass is 16.5. The SMILES string of the molecule is CC(=O)N(CCC(=O)N1CCOC[C@@H]1C)Cc1ccccc1. The van der Waals surface area contributed by atoms with E-state index in [0.29, 0.717) is 39.3 Å². The standard InChI is InChI=1S/C17H24N2O3/c1-14-13-22-11-10-19(14)17(21)8-9-18(15(2)20)12-16-6-4-3-5-7-16/h3-7,14H,8-13H2,1-2H3/t14-/m0/s1. The average molecular weight is 304 g/mol. The van der Waals surface area contributed by atoms with Crippen LogP contribution in [0.4, 0.5) is 0 Å². The summed E-state index contributed by atoms with van der Waals surface area (Å²) < 4.78 is 5.35. The second-order valence-electron chi connectivity index (χ2n) is 5.69. The molecule has 0 spiro atoms. The Morgan fingerprint density at radius 2 is 2.05 bits per heavy atom. The van der Waals surface area contributed by atoms with Gasteiger partial charge in [0.2, 0.25) is 11.8 Å². The van der Waals surface area contributed by atoms with E-state index in [9.17, 15) is 9.59 Å². The fourth-order valence-electron chi connectivity index (χ4n) is 2.62. The fraction of sp³-hybridized carbons (Fsp3) is 0.529. The zero-order valence-electron chi connectivity index (χ0n) is 13.3. The van der Waals surface area contributed by atoms with Gasteiger partial charge in [-0.15, -0.1) is 0 Å². The summed E-state index contributed by atoms with van der Waals surface area (Å²) >= 11 is 0. The van der Waals surface area contributed by atoms with E-state index in [1.165, 1.54) is 0 Å². The summed E-state index contributed by atoms with van der Waals surface area (Å²) in [6.07, 6.45) is 0.358. The van der Waals surface area contributed by atoms with Gasteiger partial charge in [-0.05, 0) is 12.5 Å². The van der Waals surface area contributed by atoms with Gasteiger partial charge in [-0.25, -0.2) is 0 Å². The lowest BCUT2D eigenvalue weighted by molar-refractivity contribution is -0.140. The Balaban J connectivity index is 1.88. The summed E-state index contributed by atoms with van der Waals surface area (Å²) in [6.45, 7) is 6.35. The number of ether oxygens (including phenoxy) is 1. The molecule has 0 bridgehead atoms. The van der Waals surface area contributed by atoms with Gasteiger partial charge >= 0.3 is 0 Å². The molecule has 1 aliphatic rings. The molecule has 1 aromatic carbocycles. The van der Waals surface area contributed by atoms with Crippen LogP contribution in [0.25, 0.3) is 0 Å². The molecule has 22 heavy (non-hydrogen) atoms. The molecular formula is C17H24N2O3. The number of hydrogen-bond donors (Lipinski definition) is 0. The molecule has 0 aliphatic carbocycles. The molecule has 0 N–H and O–H groups in total. The maximum atomic E-state index is 12.3. The first-order valence-corrected chi connectivity index (χ1v) is 7.74. The Bertz CT molecular complexity index is 504. The van der Waals surface area contributed by atoms with Gasteiger partial charge in [0.25, 0.3) is 0 Å². The van der Waals surface area contributed by atoms with Crippen LogP contribution in [0.5, 0.6) is 0 Å². The third kappa shape index (κ3) is 4.56. The normalized spacial score (nSPS) is 18.1. The van der Waals surface area contributed by atoms with Crippen molar-refractivity contribution in [1.29, 1.82) is 0 Å². The molecule has 5 nitrogen and oxygen atoms in total. The zero-order chi connectivity index (χ0) is 15.9. The van der Waals surface area contributed by atoms with Crippen molar-refractivity contribution in [3.8, 4) is 0 Å². The van der Waals surface area contributed by atoms with Gasteiger partial charge in [0.1, 0.15) is 0 Å². The van der Waals surface area contributed by atoms with Gasteiger partial charge in [0.05, 0.1) is 19.3 Å². The minimum absolute atomic E-state index is 0.00770. The molecule has 0 saturated carbocycles. The predicted octanol–water partition coefficient (Wildman–Crippen LogP) is 1.67. The Morgan fingerprint density at radius 1 is 1.32 bits per heavy atom. The second-order valence-corrected chi connectivity index (χ2v) is 5.69. The van der Waals surface area contributed by atoms with Crippen LogP contribution < -0.4 is 0 Å². The average Bonchev–Trinajstić information content (AvgIpc) is 2.52. The summed E-state index contributed by atoms with van der Waals surface area (Å²) in [5, 5.41) is 0. The van der Waals surface area contributed by atoms with Crippen molar-refractivity contribution in [2.24, 2.45) is 0 Å². The smallest absolute Gasteiger partial charge is 0.224 e. The van der Waals surface area contributed by atoms with Crippen molar-refractivity contribution in [3.63, 3.8) is 0 Å². The summed E-state index contributed by atoms with van der Waals surface area (Å²) in [4.78, 5) is 27.7. The molecule has 5 heteroatoms. The molecule has 0 aromatic heterocycles. The Morgan fingerprint density at radius 3 is 2.68 bits per heavy atom. The topological polar surface area (TPSA) is 49.9 Å².